The number of aromatic nitrogens is 1. The first-order chi connectivity index (χ1) is 15.6. The molecule has 1 aromatic heterocycles. The van der Waals surface area contributed by atoms with Crippen molar-refractivity contribution in [3.63, 3.8) is 0 Å². The Bertz CT molecular complexity index is 1110. The van der Waals surface area contributed by atoms with Crippen LogP contribution in [0.4, 0.5) is 5.69 Å². The summed E-state index contributed by atoms with van der Waals surface area (Å²) in [6.07, 6.45) is 0.574. The fourth-order valence-electron chi connectivity index (χ4n) is 3.69. The van der Waals surface area contributed by atoms with Gasteiger partial charge in [0.15, 0.2) is 5.76 Å². The standard InChI is InChI=1S/C21H28ClN5O5S/c1-14-17(22)6-4-7-18(14)24-19(28)12-23-20(29)13-26-8-5-9-27(11-10-26)33(30,31)21-15(2)25-32-16(21)3/h4,6-7H,5,8-13H2,1-3H3,(H,23,29)(H,24,28). The second kappa shape index (κ2) is 10.6. The lowest BCUT2D eigenvalue weighted by Crippen LogP contribution is -2.42. The lowest BCUT2D eigenvalue weighted by molar-refractivity contribution is -0.125. The molecule has 12 heteroatoms. The van der Waals surface area contributed by atoms with E-state index >= 15 is 0 Å². The number of amides is 2. The first-order valence-corrected chi connectivity index (χ1v) is 12.4. The van der Waals surface area contributed by atoms with E-state index in [9.17, 15) is 18.0 Å². The van der Waals surface area contributed by atoms with Crippen LogP contribution in [0.5, 0.6) is 0 Å². The van der Waals surface area contributed by atoms with E-state index in [4.69, 9.17) is 16.1 Å². The summed E-state index contributed by atoms with van der Waals surface area (Å²) in [5.41, 5.74) is 1.67. The number of benzene rings is 1. The summed E-state index contributed by atoms with van der Waals surface area (Å²) >= 11 is 6.05. The number of hydrogen-bond acceptors (Lipinski definition) is 7. The van der Waals surface area contributed by atoms with Crippen LogP contribution in [0.3, 0.4) is 0 Å². The highest BCUT2D eigenvalue weighted by molar-refractivity contribution is 7.89. The molecule has 33 heavy (non-hydrogen) atoms. The van der Waals surface area contributed by atoms with Gasteiger partial charge in [-0.05, 0) is 51.4 Å². The number of nitrogens with zero attached hydrogens (tertiary/aromatic N) is 3. The number of carbonyl (C=O) groups excluding carboxylic acids is 2. The van der Waals surface area contributed by atoms with Crippen LogP contribution in [-0.2, 0) is 19.6 Å². The minimum atomic E-state index is -3.73. The molecule has 3 rings (SSSR count). The minimum absolute atomic E-state index is 0.0721. The van der Waals surface area contributed by atoms with Crippen LogP contribution in [0.2, 0.25) is 5.02 Å². The van der Waals surface area contributed by atoms with Gasteiger partial charge in [-0.25, -0.2) is 8.42 Å². The number of sulfonamides is 1. The molecule has 180 valence electrons. The van der Waals surface area contributed by atoms with Crippen molar-refractivity contribution in [2.75, 3.05) is 44.6 Å². The predicted molar refractivity (Wildman–Crippen MR) is 124 cm³/mol. The van der Waals surface area contributed by atoms with Crippen LogP contribution in [0.25, 0.3) is 0 Å². The first kappa shape index (κ1) is 25.2. The Hall–Kier alpha value is -2.47. The average molecular weight is 498 g/mol. The van der Waals surface area contributed by atoms with E-state index in [2.05, 4.69) is 15.8 Å². The topological polar surface area (TPSA) is 125 Å². The highest BCUT2D eigenvalue weighted by Gasteiger charge is 2.32. The molecule has 0 radical (unpaired) electrons. The van der Waals surface area contributed by atoms with E-state index in [-0.39, 0.29) is 42.1 Å². The van der Waals surface area contributed by atoms with Crippen molar-refractivity contribution < 1.29 is 22.5 Å². The number of halogens is 1. The largest absolute Gasteiger partial charge is 0.360 e. The van der Waals surface area contributed by atoms with Gasteiger partial charge >= 0.3 is 0 Å². The van der Waals surface area contributed by atoms with Crippen molar-refractivity contribution >= 4 is 39.1 Å². The summed E-state index contributed by atoms with van der Waals surface area (Å²) in [4.78, 5) is 26.5. The van der Waals surface area contributed by atoms with E-state index in [0.717, 1.165) is 5.56 Å². The molecule has 0 aliphatic carbocycles. The van der Waals surface area contributed by atoms with E-state index in [1.165, 1.54) is 4.31 Å². The van der Waals surface area contributed by atoms with Gasteiger partial charge in [-0.1, -0.05) is 22.8 Å². The predicted octanol–water partition coefficient (Wildman–Crippen LogP) is 1.70. The molecule has 0 atom stereocenters. The molecule has 10 nitrogen and oxygen atoms in total. The number of hydrogen-bond donors (Lipinski definition) is 2. The van der Waals surface area contributed by atoms with E-state index < -0.39 is 10.0 Å². The Kier molecular flexibility index (Phi) is 8.11. The van der Waals surface area contributed by atoms with Crippen LogP contribution >= 0.6 is 11.6 Å². The molecule has 2 amide bonds. The maximum atomic E-state index is 13.0. The van der Waals surface area contributed by atoms with Crippen molar-refractivity contribution in [1.29, 1.82) is 0 Å². The van der Waals surface area contributed by atoms with Crippen LogP contribution in [0.15, 0.2) is 27.6 Å². The lowest BCUT2D eigenvalue weighted by atomic mass is 10.2. The second-order valence-corrected chi connectivity index (χ2v) is 10.2. The van der Waals surface area contributed by atoms with Gasteiger partial charge in [0.2, 0.25) is 21.8 Å². The highest BCUT2D eigenvalue weighted by atomic mass is 35.5. The molecular formula is C21H28ClN5O5S. The summed E-state index contributed by atoms with van der Waals surface area (Å²) in [6, 6.07) is 5.20. The Balaban J connectivity index is 1.49. The number of nitrogens with one attached hydrogen (secondary N) is 2. The van der Waals surface area contributed by atoms with E-state index in [1.807, 2.05) is 4.90 Å². The average Bonchev–Trinajstić information content (AvgIpc) is 2.95. The van der Waals surface area contributed by atoms with Gasteiger partial charge in [-0.15, -0.1) is 0 Å². The third-order valence-corrected chi connectivity index (χ3v) is 8.02. The number of aryl methyl sites for hydroxylation is 2. The maximum Gasteiger partial charge on any atom is 0.248 e. The highest BCUT2D eigenvalue weighted by Crippen LogP contribution is 2.24. The third-order valence-electron chi connectivity index (χ3n) is 5.47. The van der Waals surface area contributed by atoms with Crippen molar-refractivity contribution in [2.45, 2.75) is 32.1 Å². The molecule has 2 heterocycles. The van der Waals surface area contributed by atoms with Crippen LogP contribution in [-0.4, -0.2) is 73.9 Å². The normalized spacial score (nSPS) is 15.8. The lowest BCUT2D eigenvalue weighted by Gasteiger charge is -2.21. The van der Waals surface area contributed by atoms with Gasteiger partial charge < -0.3 is 15.2 Å². The Morgan fingerprint density at radius 2 is 1.88 bits per heavy atom. The second-order valence-electron chi connectivity index (χ2n) is 7.92. The monoisotopic (exact) mass is 497 g/mol. The molecule has 1 aromatic carbocycles. The van der Waals surface area contributed by atoms with Gasteiger partial charge in [-0.3, -0.25) is 14.5 Å². The van der Waals surface area contributed by atoms with E-state index in [1.54, 1.807) is 39.0 Å². The summed E-state index contributed by atoms with van der Waals surface area (Å²) < 4.78 is 32.5. The van der Waals surface area contributed by atoms with Gasteiger partial charge in [-0.2, -0.15) is 4.31 Å². The summed E-state index contributed by atoms with van der Waals surface area (Å²) in [5.74, 6) is -0.407. The molecule has 0 saturated carbocycles. The molecule has 2 N–H and O–H groups in total. The SMILES string of the molecule is Cc1noc(C)c1S(=O)(=O)N1CCCN(CC(=O)NCC(=O)Nc2cccc(Cl)c2C)CC1. The van der Waals surface area contributed by atoms with Crippen molar-refractivity contribution in [1.82, 2.24) is 19.7 Å². The smallest absolute Gasteiger partial charge is 0.248 e. The Labute approximate surface area is 198 Å². The van der Waals surface area contributed by atoms with Crippen molar-refractivity contribution in [3.05, 3.63) is 40.2 Å². The molecule has 0 spiro atoms. The summed E-state index contributed by atoms with van der Waals surface area (Å²) in [6.45, 7) is 6.41. The van der Waals surface area contributed by atoms with Crippen LogP contribution < -0.4 is 10.6 Å². The zero-order valence-electron chi connectivity index (χ0n) is 18.9. The zero-order chi connectivity index (χ0) is 24.2. The minimum Gasteiger partial charge on any atom is -0.360 e. The van der Waals surface area contributed by atoms with Gasteiger partial charge in [0.05, 0.1) is 13.1 Å². The molecule has 1 saturated heterocycles. The third kappa shape index (κ3) is 6.11. The molecule has 1 aliphatic rings. The van der Waals surface area contributed by atoms with Crippen molar-refractivity contribution in [2.24, 2.45) is 0 Å². The zero-order valence-corrected chi connectivity index (χ0v) is 20.4. The van der Waals surface area contributed by atoms with E-state index in [0.29, 0.717) is 42.5 Å². The molecule has 2 aromatic rings. The fourth-order valence-corrected chi connectivity index (χ4v) is 5.63. The number of anilines is 1. The van der Waals surface area contributed by atoms with Crippen molar-refractivity contribution in [3.8, 4) is 0 Å². The summed E-state index contributed by atoms with van der Waals surface area (Å²) in [5, 5.41) is 9.62. The Morgan fingerprint density at radius 1 is 1.12 bits per heavy atom. The number of carbonyl (C=O) groups is 2. The maximum absolute atomic E-state index is 13.0. The van der Waals surface area contributed by atoms with Crippen LogP contribution in [0, 0.1) is 20.8 Å². The molecule has 0 unspecified atom stereocenters. The van der Waals surface area contributed by atoms with Gasteiger partial charge in [0.25, 0.3) is 0 Å². The summed E-state index contributed by atoms with van der Waals surface area (Å²) in [7, 11) is -3.73. The quantitative estimate of drug-likeness (QED) is 0.596. The number of rotatable bonds is 7. The first-order valence-electron chi connectivity index (χ1n) is 10.6. The molecule has 1 aliphatic heterocycles. The molecule has 1 fully saturated rings. The van der Waals surface area contributed by atoms with Gasteiger partial charge in [0.1, 0.15) is 10.6 Å². The Morgan fingerprint density at radius 3 is 2.58 bits per heavy atom. The van der Waals surface area contributed by atoms with Crippen LogP contribution in [0.1, 0.15) is 23.4 Å². The molecular weight excluding hydrogens is 470 g/mol. The van der Waals surface area contributed by atoms with Gasteiger partial charge in [0, 0.05) is 30.3 Å². The molecule has 0 bridgehead atoms. The fraction of sp³-hybridized carbons (Fsp3) is 0.476.